The number of para-hydroxylation sites is 2. The second-order valence-corrected chi connectivity index (χ2v) is 5.71. The predicted octanol–water partition coefficient (Wildman–Crippen LogP) is 4.90. The lowest BCUT2D eigenvalue weighted by Crippen LogP contribution is -2.16. The zero-order valence-corrected chi connectivity index (χ0v) is 13.5. The van der Waals surface area contributed by atoms with Gasteiger partial charge in [0.05, 0.1) is 0 Å². The first-order valence-electron chi connectivity index (χ1n) is 7.90. The molecular formula is C20H13F2NO3. The van der Waals surface area contributed by atoms with Crippen molar-refractivity contribution in [3.05, 3.63) is 83.4 Å². The second-order valence-electron chi connectivity index (χ2n) is 5.71. The summed E-state index contributed by atoms with van der Waals surface area (Å²) in [6.07, 6.45) is 0. The van der Waals surface area contributed by atoms with Crippen molar-refractivity contribution in [1.29, 1.82) is 0 Å². The van der Waals surface area contributed by atoms with Crippen molar-refractivity contribution in [3.8, 4) is 17.2 Å². The number of halogens is 2. The van der Waals surface area contributed by atoms with Gasteiger partial charge in [-0.2, -0.15) is 0 Å². The lowest BCUT2D eigenvalue weighted by Gasteiger charge is -2.10. The molecule has 1 aliphatic rings. The highest BCUT2D eigenvalue weighted by molar-refractivity contribution is 6.04. The third-order valence-electron chi connectivity index (χ3n) is 3.96. The summed E-state index contributed by atoms with van der Waals surface area (Å²) in [7, 11) is 0. The first-order valence-corrected chi connectivity index (χ1v) is 7.90. The lowest BCUT2D eigenvalue weighted by atomic mass is 10.1. The third kappa shape index (κ3) is 2.97. The number of carbonyl (C=O) groups is 1. The van der Waals surface area contributed by atoms with E-state index >= 15 is 0 Å². The number of nitrogens with one attached hydrogen (secondary N) is 1. The van der Waals surface area contributed by atoms with E-state index in [9.17, 15) is 13.6 Å². The molecule has 6 heteroatoms. The molecule has 26 heavy (non-hydrogen) atoms. The van der Waals surface area contributed by atoms with E-state index in [2.05, 4.69) is 5.32 Å². The van der Waals surface area contributed by atoms with Gasteiger partial charge in [0.1, 0.15) is 29.6 Å². The van der Waals surface area contributed by atoms with E-state index in [0.717, 1.165) is 12.1 Å². The zero-order chi connectivity index (χ0) is 18.1. The molecule has 1 N–H and O–H groups in total. The minimum Gasteiger partial charge on any atom is -0.485 e. The SMILES string of the molecule is O=C(Nc1ccc2c(c1)COc1ccccc1O2)c1c(F)cccc1F. The van der Waals surface area contributed by atoms with Gasteiger partial charge in [-0.3, -0.25) is 4.79 Å². The smallest absolute Gasteiger partial charge is 0.261 e. The molecule has 0 saturated heterocycles. The Morgan fingerprint density at radius 2 is 1.62 bits per heavy atom. The molecule has 3 aromatic carbocycles. The van der Waals surface area contributed by atoms with Gasteiger partial charge in [-0.25, -0.2) is 8.78 Å². The van der Waals surface area contributed by atoms with Crippen molar-refractivity contribution in [2.45, 2.75) is 6.61 Å². The molecule has 0 unspecified atom stereocenters. The maximum atomic E-state index is 13.7. The predicted molar refractivity (Wildman–Crippen MR) is 91.6 cm³/mol. The van der Waals surface area contributed by atoms with Crippen LogP contribution in [0.15, 0.2) is 60.7 Å². The molecule has 130 valence electrons. The first kappa shape index (κ1) is 16.1. The minimum atomic E-state index is -0.917. The Morgan fingerprint density at radius 1 is 0.885 bits per heavy atom. The van der Waals surface area contributed by atoms with E-state index in [4.69, 9.17) is 9.47 Å². The Labute approximate surface area is 148 Å². The molecule has 0 bridgehead atoms. The summed E-state index contributed by atoms with van der Waals surface area (Å²) in [5.41, 5.74) is 0.463. The van der Waals surface area contributed by atoms with Crippen LogP contribution in [0.3, 0.4) is 0 Å². The number of hydrogen-bond donors (Lipinski definition) is 1. The van der Waals surface area contributed by atoms with Gasteiger partial charge in [-0.1, -0.05) is 18.2 Å². The van der Waals surface area contributed by atoms with E-state index in [1.807, 2.05) is 12.1 Å². The van der Waals surface area contributed by atoms with Gasteiger partial charge in [-0.15, -0.1) is 0 Å². The highest BCUT2D eigenvalue weighted by atomic mass is 19.1. The number of hydrogen-bond acceptors (Lipinski definition) is 3. The van der Waals surface area contributed by atoms with E-state index < -0.39 is 23.1 Å². The Hall–Kier alpha value is -3.41. The van der Waals surface area contributed by atoms with Crippen molar-refractivity contribution in [2.24, 2.45) is 0 Å². The van der Waals surface area contributed by atoms with Crippen LogP contribution in [-0.2, 0) is 6.61 Å². The number of benzene rings is 3. The van der Waals surface area contributed by atoms with Gasteiger partial charge in [0.2, 0.25) is 0 Å². The topological polar surface area (TPSA) is 47.6 Å². The number of anilines is 1. The van der Waals surface area contributed by atoms with Crippen molar-refractivity contribution < 1.29 is 23.0 Å². The van der Waals surface area contributed by atoms with E-state index in [1.54, 1.807) is 30.3 Å². The number of rotatable bonds is 2. The van der Waals surface area contributed by atoms with Gasteiger partial charge < -0.3 is 14.8 Å². The van der Waals surface area contributed by atoms with Crippen molar-refractivity contribution in [3.63, 3.8) is 0 Å². The van der Waals surface area contributed by atoms with Crippen LogP contribution in [0.4, 0.5) is 14.5 Å². The first-order chi connectivity index (χ1) is 12.6. The molecule has 1 aliphatic heterocycles. The third-order valence-corrected chi connectivity index (χ3v) is 3.96. The van der Waals surface area contributed by atoms with Crippen molar-refractivity contribution >= 4 is 11.6 Å². The Balaban J connectivity index is 1.60. The molecule has 0 saturated carbocycles. The van der Waals surface area contributed by atoms with Crippen LogP contribution in [0, 0.1) is 11.6 Å². The molecule has 1 amide bonds. The number of ether oxygens (including phenoxy) is 2. The minimum absolute atomic E-state index is 0.240. The fourth-order valence-corrected chi connectivity index (χ4v) is 2.71. The van der Waals surface area contributed by atoms with Crippen LogP contribution in [0.2, 0.25) is 0 Å². The van der Waals surface area contributed by atoms with Gasteiger partial charge in [0.15, 0.2) is 11.5 Å². The largest absolute Gasteiger partial charge is 0.485 e. The summed E-state index contributed by atoms with van der Waals surface area (Å²) < 4.78 is 39.0. The molecule has 4 rings (SSSR count). The summed E-state index contributed by atoms with van der Waals surface area (Å²) in [6, 6.07) is 15.5. The maximum Gasteiger partial charge on any atom is 0.261 e. The summed E-state index contributed by atoms with van der Waals surface area (Å²) in [5, 5.41) is 2.50. The highest BCUT2D eigenvalue weighted by Crippen LogP contribution is 2.38. The number of carbonyl (C=O) groups excluding carboxylic acids is 1. The second kappa shape index (κ2) is 6.48. The van der Waals surface area contributed by atoms with E-state index in [0.29, 0.717) is 28.5 Å². The summed E-state index contributed by atoms with van der Waals surface area (Å²) in [5.74, 6) is -0.901. The van der Waals surface area contributed by atoms with Gasteiger partial charge in [-0.05, 0) is 42.5 Å². The fraction of sp³-hybridized carbons (Fsp3) is 0.0500. The summed E-state index contributed by atoms with van der Waals surface area (Å²) >= 11 is 0. The van der Waals surface area contributed by atoms with Gasteiger partial charge in [0, 0.05) is 11.3 Å². The van der Waals surface area contributed by atoms with Gasteiger partial charge >= 0.3 is 0 Å². The Bertz CT molecular complexity index is 984. The molecule has 0 fully saturated rings. The average molecular weight is 353 g/mol. The quantitative estimate of drug-likeness (QED) is 0.713. The van der Waals surface area contributed by atoms with E-state index in [1.165, 1.54) is 6.07 Å². The highest BCUT2D eigenvalue weighted by Gasteiger charge is 2.19. The van der Waals surface area contributed by atoms with Crippen LogP contribution in [0.1, 0.15) is 15.9 Å². The molecule has 0 aromatic heterocycles. The normalized spacial score (nSPS) is 12.1. The van der Waals surface area contributed by atoms with Crippen LogP contribution in [0.5, 0.6) is 17.2 Å². The average Bonchev–Trinajstić information content (AvgIpc) is 2.80. The van der Waals surface area contributed by atoms with Crippen LogP contribution in [-0.4, -0.2) is 5.91 Å². The monoisotopic (exact) mass is 353 g/mol. The standard InChI is InChI=1S/C20H13F2NO3/c21-14-4-3-5-15(22)19(14)20(24)23-13-8-9-16-12(10-13)11-25-17-6-1-2-7-18(17)26-16/h1-10H,11H2,(H,23,24). The summed E-state index contributed by atoms with van der Waals surface area (Å²) in [6.45, 7) is 0.240. The molecule has 1 heterocycles. The molecule has 0 radical (unpaired) electrons. The molecule has 0 aliphatic carbocycles. The molecule has 3 aromatic rings. The zero-order valence-electron chi connectivity index (χ0n) is 13.5. The molecule has 4 nitrogen and oxygen atoms in total. The van der Waals surface area contributed by atoms with Gasteiger partial charge in [0.25, 0.3) is 5.91 Å². The fourth-order valence-electron chi connectivity index (χ4n) is 2.71. The summed E-state index contributed by atoms with van der Waals surface area (Å²) in [4.78, 5) is 12.2. The molecular weight excluding hydrogens is 340 g/mol. The van der Waals surface area contributed by atoms with Crippen molar-refractivity contribution in [1.82, 2.24) is 0 Å². The van der Waals surface area contributed by atoms with Crippen LogP contribution < -0.4 is 14.8 Å². The lowest BCUT2D eigenvalue weighted by molar-refractivity contribution is 0.101. The molecule has 0 atom stereocenters. The van der Waals surface area contributed by atoms with E-state index in [-0.39, 0.29) is 6.61 Å². The number of amides is 1. The Morgan fingerprint density at radius 3 is 2.38 bits per heavy atom. The van der Waals surface area contributed by atoms with Crippen LogP contribution >= 0.6 is 0 Å². The Kier molecular flexibility index (Phi) is 4.01. The maximum absolute atomic E-state index is 13.7. The van der Waals surface area contributed by atoms with Crippen molar-refractivity contribution in [2.75, 3.05) is 5.32 Å². The number of fused-ring (bicyclic) bond motifs is 2. The molecule has 0 spiro atoms. The van der Waals surface area contributed by atoms with Crippen LogP contribution in [0.25, 0.3) is 0 Å².